The third kappa shape index (κ3) is 12.5. The zero-order valence-electron chi connectivity index (χ0n) is 32.8. The first-order valence-corrected chi connectivity index (χ1v) is 20.8. The smallest absolute Gasteiger partial charge is 0.276 e. The largest absolute Gasteiger partial charge is 0.744 e. The van der Waals surface area contributed by atoms with Crippen LogP contribution in [0.3, 0.4) is 0 Å². The van der Waals surface area contributed by atoms with Gasteiger partial charge in [0.25, 0.3) is 11.6 Å². The Morgan fingerprint density at radius 2 is 1.05 bits per heavy atom. The summed E-state index contributed by atoms with van der Waals surface area (Å²) in [6.07, 6.45) is 5.77. The van der Waals surface area contributed by atoms with Crippen LogP contribution in [0, 0.1) is 24.0 Å². The molecular weight excluding hydrogens is 809 g/mol. The molecular formula is C43H40N6O9S2. The van der Waals surface area contributed by atoms with E-state index >= 15 is 0 Å². The summed E-state index contributed by atoms with van der Waals surface area (Å²) < 4.78 is 66.1. The molecule has 0 radical (unpaired) electrons. The number of carbonyl (C=O) groups excluding carboxylic acids is 1. The van der Waals surface area contributed by atoms with Crippen LogP contribution in [0.5, 0.6) is 0 Å². The third-order valence-corrected chi connectivity index (χ3v) is 10.5. The fourth-order valence-corrected chi connectivity index (χ4v) is 6.42. The van der Waals surface area contributed by atoms with E-state index in [2.05, 4.69) is 16.0 Å². The lowest BCUT2D eigenvalue weighted by Crippen LogP contribution is -2.28. The number of aromatic nitrogens is 2. The first kappa shape index (κ1) is 44.1. The maximum atomic E-state index is 12.8. The Kier molecular flexibility index (Phi) is 14.1. The summed E-state index contributed by atoms with van der Waals surface area (Å²) in [7, 11) is -4.73. The van der Waals surface area contributed by atoms with E-state index in [9.17, 15) is 40.8 Å². The minimum atomic E-state index is -4.27. The number of hydrogen-bond donors (Lipinski definition) is 3. The van der Waals surface area contributed by atoms with Crippen LogP contribution in [0.1, 0.15) is 21.5 Å². The highest BCUT2D eigenvalue weighted by Gasteiger charge is 2.16. The summed E-state index contributed by atoms with van der Waals surface area (Å²) in [6.45, 7) is 3.64. The van der Waals surface area contributed by atoms with E-state index < -0.39 is 25.2 Å². The van der Waals surface area contributed by atoms with Gasteiger partial charge in [-0.2, -0.15) is 0 Å². The van der Waals surface area contributed by atoms with Crippen LogP contribution in [-0.2, 0) is 34.3 Å². The van der Waals surface area contributed by atoms with Gasteiger partial charge in [-0.3, -0.25) is 14.9 Å². The molecule has 60 heavy (non-hydrogen) atoms. The number of anilines is 5. The van der Waals surface area contributed by atoms with Crippen molar-refractivity contribution in [2.45, 2.75) is 23.6 Å². The Morgan fingerprint density at radius 1 is 0.583 bits per heavy atom. The van der Waals surface area contributed by atoms with E-state index in [4.69, 9.17) is 0 Å². The molecule has 15 nitrogen and oxygen atoms in total. The number of fused-ring (bicyclic) bond motifs is 1. The highest BCUT2D eigenvalue weighted by atomic mass is 32.2. The van der Waals surface area contributed by atoms with Crippen molar-refractivity contribution in [3.63, 3.8) is 0 Å². The number of nitro groups is 1. The molecule has 0 fully saturated rings. The number of hydrogen-bond acceptors (Lipinski definition) is 11. The van der Waals surface area contributed by atoms with Gasteiger partial charge in [0, 0.05) is 46.9 Å². The molecule has 308 valence electrons. The number of aryl methyl sites for hydroxylation is 4. The average Bonchev–Trinajstić information content (AvgIpc) is 3.21. The first-order valence-electron chi connectivity index (χ1n) is 18.0. The van der Waals surface area contributed by atoms with Crippen molar-refractivity contribution in [1.82, 2.24) is 0 Å². The maximum Gasteiger partial charge on any atom is 0.276 e. The predicted molar refractivity (Wildman–Crippen MR) is 225 cm³/mol. The number of pyridine rings is 2. The molecule has 17 heteroatoms. The molecule has 7 rings (SSSR count). The third-order valence-electron chi connectivity index (χ3n) is 8.78. The summed E-state index contributed by atoms with van der Waals surface area (Å²) in [5.41, 5.74) is 7.36. The average molecular weight is 849 g/mol. The van der Waals surface area contributed by atoms with Gasteiger partial charge >= 0.3 is 0 Å². The van der Waals surface area contributed by atoms with Crippen LogP contribution in [0.4, 0.5) is 34.1 Å². The van der Waals surface area contributed by atoms with Crippen molar-refractivity contribution in [2.24, 2.45) is 14.1 Å². The molecule has 0 aliphatic carbocycles. The van der Waals surface area contributed by atoms with Crippen LogP contribution in [0.15, 0.2) is 162 Å². The van der Waals surface area contributed by atoms with Crippen LogP contribution >= 0.6 is 0 Å². The van der Waals surface area contributed by atoms with Crippen molar-refractivity contribution >= 4 is 71.2 Å². The number of rotatable bonds is 9. The second-order valence-corrected chi connectivity index (χ2v) is 16.2. The van der Waals surface area contributed by atoms with Crippen LogP contribution in [0.2, 0.25) is 0 Å². The van der Waals surface area contributed by atoms with Crippen molar-refractivity contribution in [3.8, 4) is 0 Å². The van der Waals surface area contributed by atoms with Crippen LogP contribution in [-0.4, -0.2) is 36.8 Å². The van der Waals surface area contributed by atoms with Crippen molar-refractivity contribution in [2.75, 3.05) is 16.0 Å². The molecule has 0 aliphatic heterocycles. The number of non-ortho nitro benzene ring substituents is 1. The Labute approximate surface area is 347 Å². The standard InChI is InChI=1S/C29H24N6O3.2C7H8O3S/c1-33-16-13-24(14-17-33)30-21-5-3-20(4-6-21)29(36)32-23-9-7-22(8-10-23)31-27-15-18-34(2)28-19-25(35(37)38)11-12-26(27)28;2*1-6-2-4-7(5-3-6)11(8,9)10/h3-19H,1-2H3,(H,32,36);2*2-5H,1H3,(H,8,9,10). The van der Waals surface area contributed by atoms with E-state index in [1.807, 2.05) is 110 Å². The zero-order valence-corrected chi connectivity index (χ0v) is 34.4. The fourth-order valence-electron chi connectivity index (χ4n) is 5.48. The minimum absolute atomic E-state index is 0.0432. The molecule has 0 saturated carbocycles. The van der Waals surface area contributed by atoms with E-state index in [-0.39, 0.29) is 21.4 Å². The Balaban J connectivity index is 0.000000252. The second-order valence-electron chi connectivity index (χ2n) is 13.4. The Hall–Kier alpha value is -7.05. The topological polar surface area (TPSA) is 218 Å². The molecule has 7 aromatic rings. The number of benzene rings is 5. The molecule has 0 spiro atoms. The van der Waals surface area contributed by atoms with Gasteiger partial charge in [-0.25, -0.2) is 26.0 Å². The number of nitrogens with one attached hydrogen (secondary N) is 3. The molecule has 3 N–H and O–H groups in total. The molecule has 2 aromatic heterocycles. The number of nitro benzene ring substituents is 1. The van der Waals surface area contributed by atoms with E-state index in [0.29, 0.717) is 11.3 Å². The molecule has 0 atom stereocenters. The summed E-state index contributed by atoms with van der Waals surface area (Å²) in [5, 5.41) is 21.6. The summed E-state index contributed by atoms with van der Waals surface area (Å²) in [6, 6.07) is 36.9. The summed E-state index contributed by atoms with van der Waals surface area (Å²) in [5.74, 6) is -0.202. The van der Waals surface area contributed by atoms with Crippen molar-refractivity contribution in [3.05, 3.63) is 179 Å². The number of carbonyl (C=O) groups is 1. The van der Waals surface area contributed by atoms with Crippen molar-refractivity contribution in [1.29, 1.82) is 0 Å². The Bertz CT molecular complexity index is 2770. The second kappa shape index (κ2) is 19.1. The molecule has 0 unspecified atom stereocenters. The van der Waals surface area contributed by atoms with Crippen LogP contribution in [0.25, 0.3) is 10.9 Å². The lowest BCUT2D eigenvalue weighted by molar-refractivity contribution is -0.671. The predicted octanol–water partition coefficient (Wildman–Crippen LogP) is 6.93. The van der Waals surface area contributed by atoms with Gasteiger partial charge < -0.3 is 25.1 Å². The highest BCUT2D eigenvalue weighted by molar-refractivity contribution is 7.86. The molecule has 0 aliphatic rings. The zero-order chi connectivity index (χ0) is 43.6. The fraction of sp³-hybridized carbons (Fsp3) is 0.0930. The number of nitrogens with zero attached hydrogens (tertiary/aromatic N) is 3. The normalized spacial score (nSPS) is 11.0. The van der Waals surface area contributed by atoms with E-state index in [1.165, 1.54) is 30.3 Å². The van der Waals surface area contributed by atoms with Gasteiger partial charge in [0.05, 0.1) is 37.5 Å². The van der Waals surface area contributed by atoms with Gasteiger partial charge in [-0.05, 0) is 92.7 Å². The van der Waals surface area contributed by atoms with E-state index in [0.717, 1.165) is 44.8 Å². The SMILES string of the molecule is C[n+]1ccc(Nc2ccc(C(=O)Nc3ccc(Nc4cc[n+](C)c5cc([N+](=O)[O-])ccc45)cc3)cc2)cc1.Cc1ccc(S(=O)(=O)[O-])cc1.Cc1ccc(S(=O)(=O)[O-])cc1. The van der Waals surface area contributed by atoms with Crippen molar-refractivity contribution < 1.29 is 44.8 Å². The summed E-state index contributed by atoms with van der Waals surface area (Å²) >= 11 is 0. The highest BCUT2D eigenvalue weighted by Crippen LogP contribution is 2.28. The monoisotopic (exact) mass is 848 g/mol. The molecule has 0 bridgehead atoms. The molecule has 1 amide bonds. The van der Waals surface area contributed by atoms with Gasteiger partial charge in [0.2, 0.25) is 5.52 Å². The quantitative estimate of drug-likeness (QED) is 0.0585. The minimum Gasteiger partial charge on any atom is -0.744 e. The number of amides is 1. The van der Waals surface area contributed by atoms with E-state index in [1.54, 1.807) is 48.5 Å². The van der Waals surface area contributed by atoms with Gasteiger partial charge in [-0.1, -0.05) is 35.4 Å². The first-order chi connectivity index (χ1) is 28.3. The van der Waals surface area contributed by atoms with Gasteiger partial charge in [0.15, 0.2) is 18.6 Å². The Morgan fingerprint density at radius 3 is 1.55 bits per heavy atom. The van der Waals surface area contributed by atoms with Crippen LogP contribution < -0.4 is 25.1 Å². The summed E-state index contributed by atoms with van der Waals surface area (Å²) in [4.78, 5) is 23.2. The van der Waals surface area contributed by atoms with Gasteiger partial charge in [-0.15, -0.1) is 0 Å². The maximum absolute atomic E-state index is 12.8. The molecule has 5 aromatic carbocycles. The molecule has 2 heterocycles. The molecule has 0 saturated heterocycles. The van der Waals surface area contributed by atoms with Gasteiger partial charge in [0.1, 0.15) is 34.3 Å². The lowest BCUT2D eigenvalue weighted by Gasteiger charge is -2.11. The lowest BCUT2D eigenvalue weighted by atomic mass is 10.1.